The van der Waals surface area contributed by atoms with Crippen LogP contribution in [0.15, 0.2) is 12.1 Å². The maximum atomic E-state index is 11.8. The first kappa shape index (κ1) is 17.9. The zero-order valence-electron chi connectivity index (χ0n) is 14.4. The average Bonchev–Trinajstić information content (AvgIpc) is 3.13. The summed E-state index contributed by atoms with van der Waals surface area (Å²) in [7, 11) is 1.34. The molecule has 0 aliphatic heterocycles. The fourth-order valence-electron chi connectivity index (χ4n) is 3.34. The summed E-state index contributed by atoms with van der Waals surface area (Å²) in [4.78, 5) is 20.6. The molecule has 0 bridgehead atoms. The highest BCUT2D eigenvalue weighted by Gasteiger charge is 2.23. The molecule has 1 heterocycles. The van der Waals surface area contributed by atoms with Crippen molar-refractivity contribution in [2.45, 2.75) is 38.7 Å². The van der Waals surface area contributed by atoms with Crippen molar-refractivity contribution in [3.05, 3.63) is 28.4 Å². The molecule has 2 aromatic rings. The molecule has 0 saturated heterocycles. The summed E-state index contributed by atoms with van der Waals surface area (Å²) >= 11 is 6.22. The van der Waals surface area contributed by atoms with Crippen LogP contribution in [0.5, 0.6) is 0 Å². The number of rotatable bonds is 5. The molecule has 25 heavy (non-hydrogen) atoms. The van der Waals surface area contributed by atoms with Gasteiger partial charge in [0.25, 0.3) is 0 Å². The van der Waals surface area contributed by atoms with Gasteiger partial charge >= 0.3 is 5.97 Å². The van der Waals surface area contributed by atoms with Crippen molar-refractivity contribution >= 4 is 34.4 Å². The van der Waals surface area contributed by atoms with Gasteiger partial charge in [-0.3, -0.25) is 0 Å². The fourth-order valence-corrected chi connectivity index (χ4v) is 3.54. The van der Waals surface area contributed by atoms with E-state index in [0.717, 1.165) is 18.4 Å². The Hall–Kier alpha value is -1.92. The quantitative estimate of drug-likeness (QED) is 0.792. The number of hydrogen-bond acceptors (Lipinski definition) is 6. The molecule has 1 saturated carbocycles. The molecular weight excluding hydrogens is 342 g/mol. The zero-order chi connectivity index (χ0) is 18.0. The van der Waals surface area contributed by atoms with Crippen molar-refractivity contribution in [1.29, 1.82) is 0 Å². The Morgan fingerprint density at radius 3 is 2.72 bits per heavy atom. The number of aromatic nitrogens is 2. The van der Waals surface area contributed by atoms with Crippen molar-refractivity contribution in [3.63, 3.8) is 0 Å². The summed E-state index contributed by atoms with van der Waals surface area (Å²) in [6.07, 6.45) is 4.07. The van der Waals surface area contributed by atoms with Crippen LogP contribution in [0.2, 0.25) is 5.15 Å². The van der Waals surface area contributed by atoms with Crippen LogP contribution in [0.4, 0.5) is 5.82 Å². The fraction of sp³-hybridized carbons (Fsp3) is 0.500. The Morgan fingerprint density at radius 1 is 1.36 bits per heavy atom. The topological polar surface area (TPSA) is 84.3 Å². The number of carbonyl (C=O) groups excluding carboxylic acids is 1. The predicted molar refractivity (Wildman–Crippen MR) is 97.1 cm³/mol. The molecule has 3 rings (SSSR count). The third-order valence-corrected chi connectivity index (χ3v) is 5.06. The van der Waals surface area contributed by atoms with Crippen LogP contribution < -0.4 is 5.32 Å². The number of ether oxygens (including phenoxy) is 1. The van der Waals surface area contributed by atoms with Crippen molar-refractivity contribution < 1.29 is 14.6 Å². The van der Waals surface area contributed by atoms with Crippen LogP contribution in [-0.4, -0.2) is 40.8 Å². The number of nitrogens with zero attached hydrogens (tertiary/aromatic N) is 2. The summed E-state index contributed by atoms with van der Waals surface area (Å²) in [5.41, 5.74) is 2.36. The Balaban J connectivity index is 1.82. The van der Waals surface area contributed by atoms with E-state index in [1.807, 2.05) is 6.92 Å². The molecule has 0 radical (unpaired) electrons. The van der Waals surface area contributed by atoms with Gasteiger partial charge in [0.1, 0.15) is 0 Å². The molecule has 1 atom stereocenters. The Labute approximate surface area is 151 Å². The predicted octanol–water partition coefficient (Wildman–Crippen LogP) is 3.34. The van der Waals surface area contributed by atoms with Gasteiger partial charge in [0.15, 0.2) is 11.0 Å². The monoisotopic (exact) mass is 363 g/mol. The van der Waals surface area contributed by atoms with Crippen LogP contribution >= 0.6 is 11.6 Å². The second-order valence-corrected chi connectivity index (χ2v) is 6.86. The van der Waals surface area contributed by atoms with Crippen LogP contribution in [0.3, 0.4) is 0 Å². The van der Waals surface area contributed by atoms with Gasteiger partial charge in [0, 0.05) is 6.54 Å². The molecule has 6 nitrogen and oxygen atoms in total. The van der Waals surface area contributed by atoms with E-state index >= 15 is 0 Å². The minimum absolute atomic E-state index is 0.214. The van der Waals surface area contributed by atoms with Crippen molar-refractivity contribution in [3.8, 4) is 0 Å². The number of halogens is 1. The molecule has 1 unspecified atom stereocenters. The second kappa shape index (κ2) is 7.54. The average molecular weight is 364 g/mol. The van der Waals surface area contributed by atoms with Gasteiger partial charge in [-0.2, -0.15) is 0 Å². The molecule has 2 N–H and O–H groups in total. The lowest BCUT2D eigenvalue weighted by Gasteiger charge is -2.18. The van der Waals surface area contributed by atoms with Crippen LogP contribution in [-0.2, 0) is 4.74 Å². The number of aryl methyl sites for hydroxylation is 1. The van der Waals surface area contributed by atoms with E-state index < -0.39 is 12.1 Å². The highest BCUT2D eigenvalue weighted by Crippen LogP contribution is 2.29. The number of esters is 1. The molecule has 0 spiro atoms. The molecular formula is C18H22ClN3O3. The number of nitrogens with one attached hydrogen (secondary N) is 1. The first-order chi connectivity index (χ1) is 12.0. The van der Waals surface area contributed by atoms with Crippen molar-refractivity contribution in [1.82, 2.24) is 9.97 Å². The van der Waals surface area contributed by atoms with E-state index in [9.17, 15) is 9.90 Å². The number of carbonyl (C=O) groups is 1. The number of benzene rings is 1. The van der Waals surface area contributed by atoms with Gasteiger partial charge in [-0.05, 0) is 43.4 Å². The van der Waals surface area contributed by atoms with E-state index in [2.05, 4.69) is 15.3 Å². The number of methoxy groups -OCH3 is 1. The maximum absolute atomic E-state index is 11.8. The lowest BCUT2D eigenvalue weighted by Crippen LogP contribution is -2.27. The van der Waals surface area contributed by atoms with E-state index in [1.54, 1.807) is 12.1 Å². The molecule has 7 heteroatoms. The third kappa shape index (κ3) is 3.85. The maximum Gasteiger partial charge on any atom is 0.338 e. The number of anilines is 1. The highest BCUT2D eigenvalue weighted by atomic mass is 35.5. The number of aliphatic hydroxyl groups is 1. The first-order valence-corrected chi connectivity index (χ1v) is 8.85. The summed E-state index contributed by atoms with van der Waals surface area (Å²) in [5, 5.41) is 13.6. The molecule has 1 aromatic carbocycles. The Morgan fingerprint density at radius 2 is 2.04 bits per heavy atom. The van der Waals surface area contributed by atoms with Gasteiger partial charge in [0.2, 0.25) is 0 Å². The molecule has 134 valence electrons. The van der Waals surface area contributed by atoms with Crippen LogP contribution in [0, 0.1) is 12.8 Å². The van der Waals surface area contributed by atoms with Crippen molar-refractivity contribution in [2.75, 3.05) is 19.0 Å². The van der Waals surface area contributed by atoms with Gasteiger partial charge in [-0.1, -0.05) is 24.4 Å². The van der Waals surface area contributed by atoms with E-state index in [1.165, 1.54) is 20.0 Å². The van der Waals surface area contributed by atoms with Gasteiger partial charge < -0.3 is 15.2 Å². The van der Waals surface area contributed by atoms with E-state index in [0.29, 0.717) is 34.9 Å². The zero-order valence-corrected chi connectivity index (χ0v) is 15.1. The van der Waals surface area contributed by atoms with Crippen molar-refractivity contribution in [2.24, 2.45) is 5.92 Å². The standard InChI is InChI=1S/C18H22ClN3O3/c1-10-7-13-14(8-12(10)18(24)25-2)21-16(19)17(22-13)20-9-15(23)11-5-3-4-6-11/h7-8,11,15,23H,3-6,9H2,1-2H3,(H,20,22). The summed E-state index contributed by atoms with van der Waals surface area (Å²) in [6.45, 7) is 2.21. The molecule has 1 aromatic heterocycles. The van der Waals surface area contributed by atoms with Gasteiger partial charge in [0.05, 0.1) is 29.8 Å². The molecule has 1 fully saturated rings. The molecule has 1 aliphatic carbocycles. The normalized spacial score (nSPS) is 16.2. The second-order valence-electron chi connectivity index (χ2n) is 6.50. The SMILES string of the molecule is COC(=O)c1cc2nc(Cl)c(NCC(O)C3CCCC3)nc2cc1C. The first-order valence-electron chi connectivity index (χ1n) is 8.47. The molecule has 0 amide bonds. The minimum Gasteiger partial charge on any atom is -0.465 e. The summed E-state index contributed by atoms with van der Waals surface area (Å²) in [5.74, 6) is 0.361. The lowest BCUT2D eigenvalue weighted by atomic mass is 10.0. The van der Waals surface area contributed by atoms with Gasteiger partial charge in [-0.15, -0.1) is 0 Å². The van der Waals surface area contributed by atoms with Gasteiger partial charge in [-0.25, -0.2) is 14.8 Å². The van der Waals surface area contributed by atoms with Crippen LogP contribution in [0.25, 0.3) is 11.0 Å². The Bertz CT molecular complexity index is 791. The lowest BCUT2D eigenvalue weighted by molar-refractivity contribution is 0.0600. The minimum atomic E-state index is -0.417. The van der Waals surface area contributed by atoms with E-state index in [-0.39, 0.29) is 5.15 Å². The number of fused-ring (bicyclic) bond motifs is 1. The third-order valence-electron chi connectivity index (χ3n) is 4.80. The van der Waals surface area contributed by atoms with E-state index in [4.69, 9.17) is 16.3 Å². The molecule has 1 aliphatic rings. The summed E-state index contributed by atoms with van der Waals surface area (Å²) in [6, 6.07) is 3.41. The number of aliphatic hydroxyl groups excluding tert-OH is 1. The Kier molecular flexibility index (Phi) is 5.39. The van der Waals surface area contributed by atoms with Crippen LogP contribution in [0.1, 0.15) is 41.6 Å². The largest absolute Gasteiger partial charge is 0.465 e. The number of hydrogen-bond donors (Lipinski definition) is 2. The summed E-state index contributed by atoms with van der Waals surface area (Å²) < 4.78 is 4.77. The smallest absolute Gasteiger partial charge is 0.338 e. The highest BCUT2D eigenvalue weighted by molar-refractivity contribution is 6.32.